The number of aryl methyl sites for hydroxylation is 1. The van der Waals surface area contributed by atoms with Gasteiger partial charge in [-0.05, 0) is 36.3 Å². The molecule has 5 heteroatoms. The van der Waals surface area contributed by atoms with Gasteiger partial charge in [0.2, 0.25) is 10.0 Å². The molecular formula is C16H25NO3S. The van der Waals surface area contributed by atoms with E-state index in [0.29, 0.717) is 6.42 Å². The van der Waals surface area contributed by atoms with Crippen molar-refractivity contribution in [2.24, 2.45) is 5.92 Å². The second-order valence-corrected chi connectivity index (χ2v) is 8.01. The maximum Gasteiger partial charge on any atom is 0.211 e. The van der Waals surface area contributed by atoms with Gasteiger partial charge in [0.05, 0.1) is 5.75 Å². The van der Waals surface area contributed by atoms with Gasteiger partial charge in [0.25, 0.3) is 0 Å². The van der Waals surface area contributed by atoms with Crippen LogP contribution in [-0.4, -0.2) is 25.8 Å². The molecule has 1 aliphatic carbocycles. The van der Waals surface area contributed by atoms with Crippen LogP contribution in [0.1, 0.15) is 44.2 Å². The molecule has 0 spiro atoms. The van der Waals surface area contributed by atoms with E-state index in [1.165, 1.54) is 0 Å². The van der Waals surface area contributed by atoms with Crippen LogP contribution < -0.4 is 4.72 Å². The predicted molar refractivity (Wildman–Crippen MR) is 84.5 cm³/mol. The average Bonchev–Trinajstić information content (AvgIpc) is 2.45. The summed E-state index contributed by atoms with van der Waals surface area (Å²) in [5.41, 5.74) is 0.895. The monoisotopic (exact) mass is 311 g/mol. The maximum atomic E-state index is 12.1. The molecule has 2 N–H and O–H groups in total. The Bertz CT molecular complexity index is 585. The molecule has 0 saturated heterocycles. The van der Waals surface area contributed by atoms with E-state index in [1.54, 1.807) is 0 Å². The molecule has 4 nitrogen and oxygen atoms in total. The van der Waals surface area contributed by atoms with Gasteiger partial charge in [-0.15, -0.1) is 0 Å². The van der Waals surface area contributed by atoms with Crippen molar-refractivity contribution in [1.82, 2.24) is 4.72 Å². The summed E-state index contributed by atoms with van der Waals surface area (Å²) in [6.45, 7) is 3.96. The molecule has 2 atom stereocenters. The van der Waals surface area contributed by atoms with E-state index in [-0.39, 0.29) is 18.2 Å². The third kappa shape index (κ3) is 4.05. The van der Waals surface area contributed by atoms with E-state index in [1.807, 2.05) is 38.1 Å². The molecule has 0 bridgehead atoms. The molecule has 0 saturated carbocycles. The number of hydrogen-bond donors (Lipinski definition) is 2. The third-order valence-electron chi connectivity index (χ3n) is 4.34. The molecule has 0 radical (unpaired) electrons. The van der Waals surface area contributed by atoms with Gasteiger partial charge in [0, 0.05) is 6.54 Å². The standard InChI is InChI=1S/C16H25NO3S/c1-3-13(2)11-21(19,20)17-12-16(18)10-6-8-14-7-4-5-9-15(14)16/h4-5,7,9,13,17-18H,3,6,8,10-12H2,1-2H3. The van der Waals surface area contributed by atoms with Crippen LogP contribution in [0.4, 0.5) is 0 Å². The van der Waals surface area contributed by atoms with Crippen molar-refractivity contribution in [3.8, 4) is 0 Å². The molecule has 2 rings (SSSR count). The quantitative estimate of drug-likeness (QED) is 0.846. The number of benzene rings is 1. The van der Waals surface area contributed by atoms with Gasteiger partial charge >= 0.3 is 0 Å². The fourth-order valence-electron chi connectivity index (χ4n) is 2.86. The van der Waals surface area contributed by atoms with Crippen molar-refractivity contribution < 1.29 is 13.5 Å². The average molecular weight is 311 g/mol. The van der Waals surface area contributed by atoms with E-state index in [0.717, 1.165) is 30.4 Å². The normalized spacial score (nSPS) is 23.6. The highest BCUT2D eigenvalue weighted by atomic mass is 32.2. The second kappa shape index (κ2) is 6.46. The summed E-state index contributed by atoms with van der Waals surface area (Å²) in [5.74, 6) is 0.233. The largest absolute Gasteiger partial charge is 0.384 e. The van der Waals surface area contributed by atoms with Crippen LogP contribution in [0.5, 0.6) is 0 Å². The van der Waals surface area contributed by atoms with Gasteiger partial charge in [0.15, 0.2) is 0 Å². The van der Waals surface area contributed by atoms with Gasteiger partial charge in [-0.2, -0.15) is 0 Å². The van der Waals surface area contributed by atoms with Crippen LogP contribution in [0, 0.1) is 5.92 Å². The Kier molecular flexibility index (Phi) is 5.07. The summed E-state index contributed by atoms with van der Waals surface area (Å²) in [6.07, 6.45) is 3.24. The predicted octanol–water partition coefficient (Wildman–Crippen LogP) is 2.18. The number of nitrogens with one attached hydrogen (secondary N) is 1. The van der Waals surface area contributed by atoms with Crippen LogP contribution in [-0.2, 0) is 22.0 Å². The Labute approximate surface area is 127 Å². The molecule has 0 aliphatic heterocycles. The molecular weight excluding hydrogens is 286 g/mol. The number of aliphatic hydroxyl groups is 1. The Morgan fingerprint density at radius 2 is 2.10 bits per heavy atom. The minimum Gasteiger partial charge on any atom is -0.384 e. The first-order valence-electron chi connectivity index (χ1n) is 7.64. The minimum absolute atomic E-state index is 0.0583. The van der Waals surface area contributed by atoms with Gasteiger partial charge in [0.1, 0.15) is 5.60 Å². The lowest BCUT2D eigenvalue weighted by Gasteiger charge is -2.34. The Morgan fingerprint density at radius 3 is 2.81 bits per heavy atom. The Hall–Kier alpha value is -0.910. The zero-order valence-electron chi connectivity index (χ0n) is 12.8. The summed E-state index contributed by atoms with van der Waals surface area (Å²) in [7, 11) is -3.34. The topological polar surface area (TPSA) is 66.4 Å². The minimum atomic E-state index is -3.34. The highest BCUT2D eigenvalue weighted by Gasteiger charge is 2.35. The molecule has 0 fully saturated rings. The van der Waals surface area contributed by atoms with E-state index < -0.39 is 15.6 Å². The summed E-state index contributed by atoms with van der Waals surface area (Å²) in [4.78, 5) is 0. The molecule has 0 amide bonds. The SMILES string of the molecule is CCC(C)CS(=O)(=O)NCC1(O)CCCc2ccccc21. The number of rotatable bonds is 6. The maximum absolute atomic E-state index is 12.1. The fourth-order valence-corrected chi connectivity index (χ4v) is 4.42. The Balaban J connectivity index is 2.10. The molecule has 0 aromatic heterocycles. The molecule has 1 aromatic carbocycles. The third-order valence-corrected chi connectivity index (χ3v) is 5.93. The molecule has 118 valence electrons. The number of fused-ring (bicyclic) bond motifs is 1. The first-order chi connectivity index (χ1) is 9.86. The van der Waals surface area contributed by atoms with Gasteiger partial charge in [-0.3, -0.25) is 0 Å². The summed E-state index contributed by atoms with van der Waals surface area (Å²) in [6, 6.07) is 7.75. The van der Waals surface area contributed by atoms with Crippen molar-refractivity contribution >= 4 is 10.0 Å². The summed E-state index contributed by atoms with van der Waals surface area (Å²) < 4.78 is 26.7. The van der Waals surface area contributed by atoms with Crippen molar-refractivity contribution in [2.45, 2.75) is 45.1 Å². The van der Waals surface area contributed by atoms with E-state index in [4.69, 9.17) is 0 Å². The molecule has 2 unspecified atom stereocenters. The lowest BCUT2D eigenvalue weighted by molar-refractivity contribution is 0.0243. The highest BCUT2D eigenvalue weighted by Crippen LogP contribution is 2.34. The van der Waals surface area contributed by atoms with Crippen molar-refractivity contribution in [3.63, 3.8) is 0 Å². The number of hydrogen-bond acceptors (Lipinski definition) is 3. The van der Waals surface area contributed by atoms with Crippen molar-refractivity contribution in [3.05, 3.63) is 35.4 Å². The van der Waals surface area contributed by atoms with Gasteiger partial charge < -0.3 is 5.11 Å². The zero-order valence-corrected chi connectivity index (χ0v) is 13.6. The van der Waals surface area contributed by atoms with Crippen molar-refractivity contribution in [1.29, 1.82) is 0 Å². The highest BCUT2D eigenvalue weighted by molar-refractivity contribution is 7.89. The van der Waals surface area contributed by atoms with Crippen LogP contribution in [0.15, 0.2) is 24.3 Å². The zero-order chi connectivity index (χ0) is 15.5. The summed E-state index contributed by atoms with van der Waals surface area (Å²) >= 11 is 0. The van der Waals surface area contributed by atoms with Crippen molar-refractivity contribution in [2.75, 3.05) is 12.3 Å². The van der Waals surface area contributed by atoms with Crippen LogP contribution >= 0.6 is 0 Å². The van der Waals surface area contributed by atoms with E-state index >= 15 is 0 Å². The van der Waals surface area contributed by atoms with Crippen LogP contribution in [0.3, 0.4) is 0 Å². The first-order valence-corrected chi connectivity index (χ1v) is 9.29. The molecule has 21 heavy (non-hydrogen) atoms. The van der Waals surface area contributed by atoms with Gasteiger partial charge in [-0.25, -0.2) is 13.1 Å². The Morgan fingerprint density at radius 1 is 1.38 bits per heavy atom. The lowest BCUT2D eigenvalue weighted by atomic mass is 9.79. The second-order valence-electron chi connectivity index (χ2n) is 6.16. The summed E-state index contributed by atoms with van der Waals surface area (Å²) in [5, 5.41) is 10.9. The van der Waals surface area contributed by atoms with E-state index in [9.17, 15) is 13.5 Å². The first kappa shape index (κ1) is 16.5. The van der Waals surface area contributed by atoms with Crippen LogP contribution in [0.2, 0.25) is 0 Å². The lowest BCUT2D eigenvalue weighted by Crippen LogP contribution is -2.44. The van der Waals surface area contributed by atoms with Gasteiger partial charge in [-0.1, -0.05) is 44.5 Å². The van der Waals surface area contributed by atoms with E-state index in [2.05, 4.69) is 4.72 Å². The smallest absolute Gasteiger partial charge is 0.211 e. The number of sulfonamides is 1. The molecule has 0 heterocycles. The van der Waals surface area contributed by atoms with Crippen LogP contribution in [0.25, 0.3) is 0 Å². The molecule has 1 aliphatic rings. The molecule has 1 aromatic rings. The fraction of sp³-hybridized carbons (Fsp3) is 0.625.